The average molecular weight is 308 g/mol. The van der Waals surface area contributed by atoms with Crippen LogP contribution in [0.5, 0.6) is 0 Å². The number of halogens is 3. The minimum absolute atomic E-state index is 0. The lowest BCUT2D eigenvalue weighted by molar-refractivity contribution is -0.460. The van der Waals surface area contributed by atoms with E-state index in [1.54, 1.807) is 0 Å². The van der Waals surface area contributed by atoms with Gasteiger partial charge in [-0.25, -0.2) is 4.58 Å². The van der Waals surface area contributed by atoms with Crippen molar-refractivity contribution in [1.82, 2.24) is 4.90 Å². The number of rotatable bonds is 3. The maximum atomic E-state index is 6.33. The first kappa shape index (κ1) is 17.3. The summed E-state index contributed by atoms with van der Waals surface area (Å²) < 4.78 is 1.84. The first-order chi connectivity index (χ1) is 7.95. The highest BCUT2D eigenvalue weighted by Gasteiger charge is 2.19. The van der Waals surface area contributed by atoms with Crippen LogP contribution in [0.15, 0.2) is 35.5 Å². The summed E-state index contributed by atoms with van der Waals surface area (Å²) in [6, 6.07) is 9.89. The zero-order valence-electron chi connectivity index (χ0n) is 10.9. The van der Waals surface area contributed by atoms with Crippen molar-refractivity contribution in [2.75, 3.05) is 28.2 Å². The van der Waals surface area contributed by atoms with E-state index >= 15 is 0 Å². The van der Waals surface area contributed by atoms with Gasteiger partial charge in [-0.3, -0.25) is 0 Å². The Morgan fingerprint density at radius 2 is 1.56 bits per heavy atom. The zero-order valence-corrected chi connectivity index (χ0v) is 13.2. The second-order valence-electron chi connectivity index (χ2n) is 4.11. The molecule has 0 aliphatic heterocycles. The van der Waals surface area contributed by atoms with E-state index in [1.807, 2.05) is 68.0 Å². The normalized spacial score (nSPS) is 11.2. The van der Waals surface area contributed by atoms with E-state index in [9.17, 15) is 0 Å². The Balaban J connectivity index is 0.00000289. The number of allylic oxidation sites excluding steroid dienone is 1. The first-order valence-electron chi connectivity index (χ1n) is 5.27. The maximum Gasteiger partial charge on any atom is 0.280 e. The molecule has 0 saturated carbocycles. The van der Waals surface area contributed by atoms with Crippen LogP contribution >= 0.6 is 23.2 Å². The van der Waals surface area contributed by atoms with E-state index < -0.39 is 0 Å². The number of nitrogens with zero attached hydrogens (tertiary/aromatic N) is 2. The standard InChI is InChI=1S/C13H17Cl2N2.ClH/c1-16(2)12(14)11(13(15)17(3)4)10-8-6-5-7-9-10;/h5-9H,1-4H3;1H/q+1;/p-1. The minimum atomic E-state index is 0. The van der Waals surface area contributed by atoms with E-state index in [4.69, 9.17) is 23.2 Å². The molecular formula is C13H17Cl3N2. The number of hydrogen-bond donors (Lipinski definition) is 0. The lowest BCUT2D eigenvalue weighted by Gasteiger charge is -2.15. The highest BCUT2D eigenvalue weighted by Crippen LogP contribution is 2.25. The van der Waals surface area contributed by atoms with Gasteiger partial charge in [-0.05, 0) is 17.2 Å². The van der Waals surface area contributed by atoms with Gasteiger partial charge in [0.1, 0.15) is 24.8 Å². The predicted molar refractivity (Wildman–Crippen MR) is 75.9 cm³/mol. The van der Waals surface area contributed by atoms with E-state index in [1.165, 1.54) is 0 Å². The summed E-state index contributed by atoms with van der Waals surface area (Å²) in [5, 5.41) is 1.24. The summed E-state index contributed by atoms with van der Waals surface area (Å²) in [7, 11) is 7.58. The molecule has 0 saturated heterocycles. The van der Waals surface area contributed by atoms with Crippen molar-refractivity contribution < 1.29 is 17.0 Å². The third-order valence-electron chi connectivity index (χ3n) is 2.26. The third-order valence-corrected chi connectivity index (χ3v) is 3.31. The molecular weight excluding hydrogens is 291 g/mol. The highest BCUT2D eigenvalue weighted by molar-refractivity contribution is 6.75. The Hall–Kier alpha value is -0.700. The zero-order chi connectivity index (χ0) is 13.0. The molecule has 0 fully saturated rings. The lowest BCUT2D eigenvalue weighted by Crippen LogP contribution is -3.00. The van der Waals surface area contributed by atoms with Crippen LogP contribution in [-0.2, 0) is 0 Å². The van der Waals surface area contributed by atoms with Gasteiger partial charge in [0, 0.05) is 14.1 Å². The molecule has 1 aromatic carbocycles. The summed E-state index contributed by atoms with van der Waals surface area (Å²) >= 11 is 12.7. The van der Waals surface area contributed by atoms with E-state index in [0.29, 0.717) is 10.3 Å². The van der Waals surface area contributed by atoms with Crippen molar-refractivity contribution in [2.24, 2.45) is 0 Å². The van der Waals surface area contributed by atoms with Crippen LogP contribution in [0, 0.1) is 0 Å². The molecule has 0 spiro atoms. The molecule has 18 heavy (non-hydrogen) atoms. The number of hydrogen-bond acceptors (Lipinski definition) is 1. The van der Waals surface area contributed by atoms with Gasteiger partial charge in [0.2, 0.25) is 0 Å². The lowest BCUT2D eigenvalue weighted by atomic mass is 10.1. The van der Waals surface area contributed by atoms with Crippen LogP contribution in [0.3, 0.4) is 0 Å². The second kappa shape index (κ2) is 7.67. The van der Waals surface area contributed by atoms with Crippen LogP contribution in [0.1, 0.15) is 5.56 Å². The predicted octanol–water partition coefficient (Wildman–Crippen LogP) is 0.0690. The molecule has 0 N–H and O–H groups in total. The summed E-state index contributed by atoms with van der Waals surface area (Å²) in [6.45, 7) is 0. The van der Waals surface area contributed by atoms with Gasteiger partial charge >= 0.3 is 0 Å². The van der Waals surface area contributed by atoms with Gasteiger partial charge in [-0.2, -0.15) is 0 Å². The fourth-order valence-corrected chi connectivity index (χ4v) is 1.82. The molecule has 0 amide bonds. The summed E-state index contributed by atoms with van der Waals surface area (Å²) in [5.41, 5.74) is 1.84. The van der Waals surface area contributed by atoms with Gasteiger partial charge < -0.3 is 17.3 Å². The van der Waals surface area contributed by atoms with Crippen molar-refractivity contribution in [2.45, 2.75) is 0 Å². The summed E-state index contributed by atoms with van der Waals surface area (Å²) in [4.78, 5) is 1.84. The second-order valence-corrected chi connectivity index (χ2v) is 4.83. The molecule has 1 rings (SSSR count). The SMILES string of the molecule is CN(C)/C(Cl)=C(/C(Cl)=[N+](C)C)c1ccccc1.[Cl-]. The van der Waals surface area contributed by atoms with Crippen molar-refractivity contribution >= 4 is 33.9 Å². The molecule has 2 nitrogen and oxygen atoms in total. The van der Waals surface area contributed by atoms with Crippen LogP contribution < -0.4 is 12.4 Å². The molecule has 0 radical (unpaired) electrons. The molecule has 1 aromatic rings. The van der Waals surface area contributed by atoms with Gasteiger partial charge in [0.25, 0.3) is 5.17 Å². The molecule has 0 aromatic heterocycles. The quantitative estimate of drug-likeness (QED) is 0.435. The van der Waals surface area contributed by atoms with Gasteiger partial charge in [-0.1, -0.05) is 41.9 Å². The Kier molecular flexibility index (Phi) is 7.37. The molecule has 100 valence electrons. The largest absolute Gasteiger partial charge is 1.00 e. The minimum Gasteiger partial charge on any atom is -1.00 e. The highest BCUT2D eigenvalue weighted by atomic mass is 35.5. The molecule has 0 atom stereocenters. The van der Waals surface area contributed by atoms with E-state index in [2.05, 4.69) is 0 Å². The van der Waals surface area contributed by atoms with Crippen molar-refractivity contribution in [3.05, 3.63) is 41.1 Å². The molecule has 0 bridgehead atoms. The van der Waals surface area contributed by atoms with E-state index in [-0.39, 0.29) is 12.4 Å². The van der Waals surface area contributed by atoms with Crippen LogP contribution in [-0.4, -0.2) is 42.8 Å². The van der Waals surface area contributed by atoms with Crippen LogP contribution in [0.25, 0.3) is 5.57 Å². The maximum absolute atomic E-state index is 6.33. The number of benzene rings is 1. The summed E-state index contributed by atoms with van der Waals surface area (Å²) in [6.07, 6.45) is 0. The Bertz CT molecular complexity index is 447. The first-order valence-corrected chi connectivity index (χ1v) is 6.03. The molecule has 5 heteroatoms. The van der Waals surface area contributed by atoms with Gasteiger partial charge in [-0.15, -0.1) is 0 Å². The average Bonchev–Trinajstić information content (AvgIpc) is 2.30. The Morgan fingerprint density at radius 3 is 1.94 bits per heavy atom. The van der Waals surface area contributed by atoms with Crippen molar-refractivity contribution in [3.63, 3.8) is 0 Å². The monoisotopic (exact) mass is 306 g/mol. The van der Waals surface area contributed by atoms with Crippen LogP contribution in [0.4, 0.5) is 0 Å². The topological polar surface area (TPSA) is 6.25 Å². The Morgan fingerprint density at radius 1 is 1.06 bits per heavy atom. The van der Waals surface area contributed by atoms with Crippen molar-refractivity contribution in [3.8, 4) is 0 Å². The Labute approximate surface area is 125 Å². The molecule has 0 aliphatic carbocycles. The fraction of sp³-hybridized carbons (Fsp3) is 0.308. The van der Waals surface area contributed by atoms with Crippen LogP contribution in [0.2, 0.25) is 0 Å². The smallest absolute Gasteiger partial charge is 0.280 e. The van der Waals surface area contributed by atoms with E-state index in [0.717, 1.165) is 11.1 Å². The fourth-order valence-electron chi connectivity index (χ4n) is 1.38. The third kappa shape index (κ3) is 4.20. The summed E-state index contributed by atoms with van der Waals surface area (Å²) in [5.74, 6) is 0. The molecule has 0 aliphatic rings. The van der Waals surface area contributed by atoms with Gasteiger partial charge in [0.15, 0.2) is 0 Å². The molecule has 0 unspecified atom stereocenters. The molecule has 0 heterocycles. The van der Waals surface area contributed by atoms with Gasteiger partial charge in [0.05, 0.1) is 0 Å². The van der Waals surface area contributed by atoms with Crippen molar-refractivity contribution in [1.29, 1.82) is 0 Å².